The Labute approximate surface area is 149 Å². The summed E-state index contributed by atoms with van der Waals surface area (Å²) >= 11 is 0. The van der Waals surface area contributed by atoms with E-state index >= 15 is 0 Å². The van der Waals surface area contributed by atoms with Crippen LogP contribution in [0.4, 0.5) is 14.9 Å². The van der Waals surface area contributed by atoms with Gasteiger partial charge in [0.1, 0.15) is 5.82 Å². The smallest absolute Gasteiger partial charge is 0.314 e. The lowest BCUT2D eigenvalue weighted by Gasteiger charge is -2.26. The van der Waals surface area contributed by atoms with Gasteiger partial charge >= 0.3 is 6.03 Å². The van der Waals surface area contributed by atoms with Crippen LogP contribution in [0.15, 0.2) is 24.3 Å². The third-order valence-electron chi connectivity index (χ3n) is 5.19. The molecule has 0 bridgehead atoms. The van der Waals surface area contributed by atoms with Gasteiger partial charge in [-0.15, -0.1) is 0 Å². The zero-order valence-electron chi connectivity index (χ0n) is 14.8. The number of nitrogens with zero attached hydrogens (tertiary/aromatic N) is 2. The standard InChI is InChI=1S/C19H29FN4O/c20-17-4-6-18(7-5-17)24-12-8-16(15-24)14-22-19(25)21-9-13-23-10-2-1-3-11-23/h4-7,16H,1-3,8-15H2,(H2,21,22,25)/t16-/m0/s1. The summed E-state index contributed by atoms with van der Waals surface area (Å²) in [7, 11) is 0. The molecule has 0 aromatic heterocycles. The zero-order chi connectivity index (χ0) is 17.5. The molecular weight excluding hydrogens is 319 g/mol. The van der Waals surface area contributed by atoms with E-state index in [1.807, 2.05) is 12.1 Å². The Balaban J connectivity index is 1.30. The van der Waals surface area contributed by atoms with Crippen LogP contribution in [0.1, 0.15) is 25.7 Å². The molecule has 2 aliphatic rings. The van der Waals surface area contributed by atoms with Crippen molar-refractivity contribution < 1.29 is 9.18 Å². The Morgan fingerprint density at radius 3 is 2.60 bits per heavy atom. The van der Waals surface area contributed by atoms with Gasteiger partial charge in [0.2, 0.25) is 0 Å². The fraction of sp³-hybridized carbons (Fsp3) is 0.632. The van der Waals surface area contributed by atoms with E-state index in [1.54, 1.807) is 0 Å². The SMILES string of the molecule is O=C(NCCN1CCCCC1)NC[C@@H]1CCN(c2ccc(F)cc2)C1. The van der Waals surface area contributed by atoms with Crippen molar-refractivity contribution in [3.8, 4) is 0 Å². The monoisotopic (exact) mass is 348 g/mol. The normalized spacial score (nSPS) is 21.3. The number of carbonyl (C=O) groups is 1. The molecule has 1 aromatic carbocycles. The number of benzene rings is 1. The number of nitrogens with one attached hydrogen (secondary N) is 2. The Morgan fingerprint density at radius 2 is 1.84 bits per heavy atom. The van der Waals surface area contributed by atoms with Gasteiger partial charge in [0.05, 0.1) is 0 Å². The van der Waals surface area contributed by atoms with Gasteiger partial charge in [-0.05, 0) is 62.5 Å². The highest BCUT2D eigenvalue weighted by atomic mass is 19.1. The second-order valence-electron chi connectivity index (χ2n) is 7.12. The van der Waals surface area contributed by atoms with Gasteiger partial charge in [-0.2, -0.15) is 0 Å². The van der Waals surface area contributed by atoms with E-state index in [-0.39, 0.29) is 11.8 Å². The molecule has 0 radical (unpaired) electrons. The lowest BCUT2D eigenvalue weighted by atomic mass is 10.1. The summed E-state index contributed by atoms with van der Waals surface area (Å²) in [6.45, 7) is 6.50. The quantitative estimate of drug-likeness (QED) is 0.830. The van der Waals surface area contributed by atoms with E-state index in [2.05, 4.69) is 20.4 Å². The first-order valence-corrected chi connectivity index (χ1v) is 9.45. The van der Waals surface area contributed by atoms with Crippen LogP contribution in [0, 0.1) is 11.7 Å². The van der Waals surface area contributed by atoms with Crippen LogP contribution in [0.2, 0.25) is 0 Å². The summed E-state index contributed by atoms with van der Waals surface area (Å²) in [6, 6.07) is 6.56. The molecule has 0 aliphatic carbocycles. The van der Waals surface area contributed by atoms with E-state index in [0.29, 0.717) is 19.0 Å². The number of anilines is 1. The first-order chi connectivity index (χ1) is 12.2. The van der Waals surface area contributed by atoms with Gasteiger partial charge in [-0.3, -0.25) is 0 Å². The fourth-order valence-corrected chi connectivity index (χ4v) is 3.70. The first-order valence-electron chi connectivity index (χ1n) is 9.45. The lowest BCUT2D eigenvalue weighted by molar-refractivity contribution is 0.220. The largest absolute Gasteiger partial charge is 0.371 e. The molecule has 2 N–H and O–H groups in total. The molecule has 3 rings (SSSR count). The van der Waals surface area contributed by atoms with Crippen molar-refractivity contribution in [2.75, 3.05) is 50.7 Å². The maximum atomic E-state index is 13.0. The number of hydrogen-bond acceptors (Lipinski definition) is 3. The summed E-state index contributed by atoms with van der Waals surface area (Å²) in [4.78, 5) is 16.6. The Kier molecular flexibility index (Phi) is 6.50. The molecular formula is C19H29FN4O. The maximum Gasteiger partial charge on any atom is 0.314 e. The Morgan fingerprint density at radius 1 is 1.08 bits per heavy atom. The summed E-state index contributed by atoms with van der Waals surface area (Å²) in [5.41, 5.74) is 1.05. The highest BCUT2D eigenvalue weighted by molar-refractivity contribution is 5.73. The molecule has 2 heterocycles. The van der Waals surface area contributed by atoms with E-state index in [9.17, 15) is 9.18 Å². The van der Waals surface area contributed by atoms with E-state index < -0.39 is 0 Å². The number of likely N-dealkylation sites (tertiary alicyclic amines) is 1. The predicted molar refractivity (Wildman–Crippen MR) is 98.4 cm³/mol. The molecule has 138 valence electrons. The van der Waals surface area contributed by atoms with Gasteiger partial charge in [-0.1, -0.05) is 6.42 Å². The molecule has 0 saturated carbocycles. The fourth-order valence-electron chi connectivity index (χ4n) is 3.70. The topological polar surface area (TPSA) is 47.6 Å². The minimum Gasteiger partial charge on any atom is -0.371 e. The summed E-state index contributed by atoms with van der Waals surface area (Å²) < 4.78 is 13.0. The highest BCUT2D eigenvalue weighted by Crippen LogP contribution is 2.23. The van der Waals surface area contributed by atoms with Crippen LogP contribution in [-0.2, 0) is 0 Å². The molecule has 1 atom stereocenters. The highest BCUT2D eigenvalue weighted by Gasteiger charge is 2.23. The summed E-state index contributed by atoms with van der Waals surface area (Å²) in [5.74, 6) is 0.236. The van der Waals surface area contributed by atoms with Gasteiger partial charge in [0.15, 0.2) is 0 Å². The predicted octanol–water partition coefficient (Wildman–Crippen LogP) is 2.44. The summed E-state index contributed by atoms with van der Waals surface area (Å²) in [6.07, 6.45) is 4.93. The number of rotatable bonds is 6. The second kappa shape index (κ2) is 9.04. The molecule has 25 heavy (non-hydrogen) atoms. The minimum absolute atomic E-state index is 0.0720. The Bertz CT molecular complexity index is 545. The number of hydrogen-bond donors (Lipinski definition) is 2. The Hall–Kier alpha value is -1.82. The van der Waals surface area contributed by atoms with Crippen molar-refractivity contribution in [3.63, 3.8) is 0 Å². The van der Waals surface area contributed by atoms with Crippen molar-refractivity contribution in [1.82, 2.24) is 15.5 Å². The van der Waals surface area contributed by atoms with E-state index in [0.717, 1.165) is 44.8 Å². The molecule has 1 aromatic rings. The van der Waals surface area contributed by atoms with Gasteiger partial charge in [0.25, 0.3) is 0 Å². The molecule has 0 spiro atoms. The number of halogens is 1. The van der Waals surface area contributed by atoms with Crippen molar-refractivity contribution in [1.29, 1.82) is 0 Å². The number of carbonyl (C=O) groups excluding carboxylic acids is 1. The van der Waals surface area contributed by atoms with Crippen LogP contribution in [0.25, 0.3) is 0 Å². The number of amides is 2. The van der Waals surface area contributed by atoms with Crippen LogP contribution in [0.5, 0.6) is 0 Å². The third-order valence-corrected chi connectivity index (χ3v) is 5.19. The van der Waals surface area contributed by atoms with Crippen molar-refractivity contribution in [3.05, 3.63) is 30.1 Å². The van der Waals surface area contributed by atoms with E-state index in [1.165, 1.54) is 31.4 Å². The molecule has 0 unspecified atom stereocenters. The molecule has 2 amide bonds. The van der Waals surface area contributed by atoms with Crippen LogP contribution >= 0.6 is 0 Å². The molecule has 5 nitrogen and oxygen atoms in total. The molecule has 2 saturated heterocycles. The molecule has 6 heteroatoms. The number of urea groups is 1. The van der Waals surface area contributed by atoms with Crippen LogP contribution < -0.4 is 15.5 Å². The number of piperidine rings is 1. The van der Waals surface area contributed by atoms with Crippen molar-refractivity contribution in [2.24, 2.45) is 5.92 Å². The average molecular weight is 348 g/mol. The second-order valence-corrected chi connectivity index (χ2v) is 7.12. The molecule has 2 aliphatic heterocycles. The average Bonchev–Trinajstić information content (AvgIpc) is 3.10. The maximum absolute atomic E-state index is 13.0. The molecule has 2 fully saturated rings. The summed E-state index contributed by atoms with van der Waals surface area (Å²) in [5, 5.41) is 5.94. The first kappa shape index (κ1) is 18.0. The van der Waals surface area contributed by atoms with Gasteiger partial charge in [0, 0.05) is 38.4 Å². The van der Waals surface area contributed by atoms with Crippen molar-refractivity contribution >= 4 is 11.7 Å². The van der Waals surface area contributed by atoms with Gasteiger partial charge in [-0.25, -0.2) is 9.18 Å². The van der Waals surface area contributed by atoms with Gasteiger partial charge < -0.3 is 20.4 Å². The third kappa shape index (κ3) is 5.59. The lowest BCUT2D eigenvalue weighted by Crippen LogP contribution is -2.43. The van der Waals surface area contributed by atoms with Crippen LogP contribution in [-0.4, -0.2) is 56.7 Å². The van der Waals surface area contributed by atoms with Crippen molar-refractivity contribution in [2.45, 2.75) is 25.7 Å². The van der Waals surface area contributed by atoms with Crippen LogP contribution in [0.3, 0.4) is 0 Å². The zero-order valence-corrected chi connectivity index (χ0v) is 14.8. The van der Waals surface area contributed by atoms with E-state index in [4.69, 9.17) is 0 Å². The minimum atomic E-state index is -0.206.